The molecule has 4 rings (SSSR count). The molecule has 0 aliphatic heterocycles. The first-order chi connectivity index (χ1) is 16.0. The number of amides is 1. The van der Waals surface area contributed by atoms with E-state index < -0.39 is 12.0 Å². The Kier molecular flexibility index (Phi) is 6.69. The molecule has 5 heteroatoms. The maximum atomic E-state index is 12.7. The molecule has 1 N–H and O–H groups in total. The van der Waals surface area contributed by atoms with Gasteiger partial charge in [0, 0.05) is 12.5 Å². The molecule has 4 aromatic carbocycles. The molecule has 0 spiro atoms. The van der Waals surface area contributed by atoms with Gasteiger partial charge in [-0.05, 0) is 41.5 Å². The largest absolute Gasteiger partial charge is 0.482 e. The molecule has 0 aromatic heterocycles. The summed E-state index contributed by atoms with van der Waals surface area (Å²) in [5.41, 5.74) is 2.73. The normalized spacial score (nSPS) is 11.6. The highest BCUT2D eigenvalue weighted by molar-refractivity contribution is 5.90. The van der Waals surface area contributed by atoms with Gasteiger partial charge in [-0.3, -0.25) is 4.79 Å². The van der Waals surface area contributed by atoms with Gasteiger partial charge in [-0.1, -0.05) is 78.4 Å². The molecule has 5 nitrogen and oxygen atoms in total. The number of carbonyl (C=O) groups excluding carboxylic acids is 2. The van der Waals surface area contributed by atoms with Crippen LogP contribution in [-0.2, 0) is 9.59 Å². The van der Waals surface area contributed by atoms with Crippen LogP contribution in [0.5, 0.6) is 11.5 Å². The van der Waals surface area contributed by atoms with Crippen molar-refractivity contribution >= 4 is 22.6 Å². The summed E-state index contributed by atoms with van der Waals surface area (Å²) in [6, 6.07) is 28.0. The van der Waals surface area contributed by atoms with Crippen LogP contribution in [0.2, 0.25) is 0 Å². The van der Waals surface area contributed by atoms with Gasteiger partial charge >= 0.3 is 5.97 Å². The van der Waals surface area contributed by atoms with E-state index in [2.05, 4.69) is 5.32 Å². The first-order valence-corrected chi connectivity index (χ1v) is 10.7. The number of carbonyl (C=O) groups is 2. The minimum Gasteiger partial charge on any atom is -0.482 e. The number of rotatable bonds is 7. The number of para-hydroxylation sites is 1. The van der Waals surface area contributed by atoms with Crippen LogP contribution >= 0.6 is 0 Å². The maximum absolute atomic E-state index is 12.7. The zero-order chi connectivity index (χ0) is 23.2. The molecule has 33 heavy (non-hydrogen) atoms. The van der Waals surface area contributed by atoms with Crippen molar-refractivity contribution in [1.29, 1.82) is 0 Å². The van der Waals surface area contributed by atoms with E-state index in [0.29, 0.717) is 11.5 Å². The number of benzene rings is 4. The molecule has 1 amide bonds. The van der Waals surface area contributed by atoms with Gasteiger partial charge in [0.25, 0.3) is 0 Å². The third kappa shape index (κ3) is 5.39. The van der Waals surface area contributed by atoms with Gasteiger partial charge in [-0.15, -0.1) is 0 Å². The highest BCUT2D eigenvalue weighted by Crippen LogP contribution is 2.37. The number of hydrogen-bond donors (Lipinski definition) is 1. The Bertz CT molecular complexity index is 1270. The number of nitrogens with one attached hydrogen (secondary N) is 1. The number of esters is 1. The van der Waals surface area contributed by atoms with Crippen LogP contribution in [-0.4, -0.2) is 18.5 Å². The average molecular weight is 440 g/mol. The lowest BCUT2D eigenvalue weighted by atomic mass is 9.92. The summed E-state index contributed by atoms with van der Waals surface area (Å²) in [5.74, 6) is 0.262. The quantitative estimate of drug-likeness (QED) is 0.311. The molecule has 0 aliphatic carbocycles. The van der Waals surface area contributed by atoms with E-state index in [-0.39, 0.29) is 12.5 Å². The summed E-state index contributed by atoms with van der Waals surface area (Å²) >= 11 is 0. The van der Waals surface area contributed by atoms with Crippen molar-refractivity contribution in [3.63, 3.8) is 0 Å². The maximum Gasteiger partial charge on any atom is 0.349 e. The van der Waals surface area contributed by atoms with Gasteiger partial charge in [-0.25, -0.2) is 4.79 Å². The summed E-state index contributed by atoms with van der Waals surface area (Å²) in [6.45, 7) is 3.26. The van der Waals surface area contributed by atoms with E-state index in [9.17, 15) is 9.59 Å². The third-order valence-corrected chi connectivity index (χ3v) is 5.30. The monoisotopic (exact) mass is 439 g/mol. The lowest BCUT2D eigenvalue weighted by Crippen LogP contribution is -2.28. The number of fused-ring (bicyclic) bond motifs is 1. The smallest absolute Gasteiger partial charge is 0.349 e. The van der Waals surface area contributed by atoms with E-state index in [1.807, 2.05) is 79.7 Å². The summed E-state index contributed by atoms with van der Waals surface area (Å²) < 4.78 is 11.3. The highest BCUT2D eigenvalue weighted by Gasteiger charge is 2.24. The molecule has 0 bridgehead atoms. The predicted octanol–water partition coefficient (Wildman–Crippen LogP) is 5.36. The lowest BCUT2D eigenvalue weighted by molar-refractivity contribution is -0.136. The van der Waals surface area contributed by atoms with Crippen LogP contribution in [0.15, 0.2) is 91.0 Å². The summed E-state index contributed by atoms with van der Waals surface area (Å²) in [7, 11) is 0. The highest BCUT2D eigenvalue weighted by atomic mass is 16.6. The van der Waals surface area contributed by atoms with Crippen LogP contribution in [0.3, 0.4) is 0 Å². The van der Waals surface area contributed by atoms with E-state index >= 15 is 0 Å². The number of hydrogen-bond acceptors (Lipinski definition) is 4. The van der Waals surface area contributed by atoms with E-state index in [4.69, 9.17) is 9.47 Å². The van der Waals surface area contributed by atoms with Crippen molar-refractivity contribution in [2.45, 2.75) is 19.9 Å². The van der Waals surface area contributed by atoms with E-state index in [1.165, 1.54) is 6.92 Å². The van der Waals surface area contributed by atoms with Crippen LogP contribution in [0.4, 0.5) is 0 Å². The minimum absolute atomic E-state index is 0.182. The van der Waals surface area contributed by atoms with Gasteiger partial charge < -0.3 is 14.8 Å². The van der Waals surface area contributed by atoms with Crippen LogP contribution in [0.25, 0.3) is 10.8 Å². The number of ether oxygens (including phenoxy) is 2. The first kappa shape index (κ1) is 22.1. The number of aryl methyl sites for hydroxylation is 1. The molecule has 0 saturated carbocycles. The Morgan fingerprint density at radius 1 is 0.848 bits per heavy atom. The van der Waals surface area contributed by atoms with Crippen LogP contribution in [0.1, 0.15) is 29.7 Å². The Balaban J connectivity index is 1.72. The van der Waals surface area contributed by atoms with Gasteiger partial charge in [-0.2, -0.15) is 0 Å². The summed E-state index contributed by atoms with van der Waals surface area (Å²) in [4.78, 5) is 24.8. The van der Waals surface area contributed by atoms with Crippen molar-refractivity contribution in [3.05, 3.63) is 108 Å². The second-order valence-corrected chi connectivity index (χ2v) is 7.82. The Morgan fingerprint density at radius 3 is 2.27 bits per heavy atom. The Morgan fingerprint density at radius 2 is 1.55 bits per heavy atom. The van der Waals surface area contributed by atoms with Crippen molar-refractivity contribution in [2.75, 3.05) is 6.61 Å². The molecular formula is C28H25NO4. The van der Waals surface area contributed by atoms with Crippen molar-refractivity contribution in [2.24, 2.45) is 0 Å². The fraction of sp³-hybridized carbons (Fsp3) is 0.143. The molecule has 0 saturated heterocycles. The summed E-state index contributed by atoms with van der Waals surface area (Å²) in [6.07, 6.45) is 0. The molecule has 1 unspecified atom stereocenters. The van der Waals surface area contributed by atoms with Gasteiger partial charge in [0.1, 0.15) is 11.5 Å². The standard InChI is InChI=1S/C28H25NO4/c1-19-12-14-22(15-13-19)28(29-20(2)30)27-24-11-7-6-8-21(24)16-17-25(27)33-26(31)18-32-23-9-4-3-5-10-23/h3-17,28H,18H2,1-2H3,(H,29,30). The zero-order valence-corrected chi connectivity index (χ0v) is 18.6. The second kappa shape index (κ2) is 10.0. The van der Waals surface area contributed by atoms with Crippen molar-refractivity contribution in [1.82, 2.24) is 5.32 Å². The SMILES string of the molecule is CC(=O)NC(c1ccc(C)cc1)c1c(OC(=O)COc2ccccc2)ccc2ccccc12. The first-order valence-electron chi connectivity index (χ1n) is 10.7. The Hall–Kier alpha value is -4.12. The molecule has 0 heterocycles. The average Bonchev–Trinajstić information content (AvgIpc) is 2.82. The van der Waals surface area contributed by atoms with Crippen LogP contribution in [0, 0.1) is 6.92 Å². The van der Waals surface area contributed by atoms with Gasteiger partial charge in [0.2, 0.25) is 5.91 Å². The second-order valence-electron chi connectivity index (χ2n) is 7.82. The van der Waals surface area contributed by atoms with Crippen molar-refractivity contribution < 1.29 is 19.1 Å². The molecule has 1 atom stereocenters. The van der Waals surface area contributed by atoms with E-state index in [1.54, 1.807) is 18.2 Å². The van der Waals surface area contributed by atoms with Crippen LogP contribution < -0.4 is 14.8 Å². The molecule has 0 radical (unpaired) electrons. The van der Waals surface area contributed by atoms with Gasteiger partial charge in [0.15, 0.2) is 6.61 Å². The topological polar surface area (TPSA) is 64.6 Å². The summed E-state index contributed by atoms with van der Waals surface area (Å²) in [5, 5.41) is 4.91. The fourth-order valence-corrected chi connectivity index (χ4v) is 3.76. The molecule has 0 fully saturated rings. The van der Waals surface area contributed by atoms with Crippen molar-refractivity contribution in [3.8, 4) is 11.5 Å². The zero-order valence-electron chi connectivity index (χ0n) is 18.6. The molecule has 4 aromatic rings. The molecule has 0 aliphatic rings. The molecule has 166 valence electrons. The fourth-order valence-electron chi connectivity index (χ4n) is 3.76. The Labute approximate surface area is 193 Å². The minimum atomic E-state index is -0.527. The van der Waals surface area contributed by atoms with Gasteiger partial charge in [0.05, 0.1) is 6.04 Å². The predicted molar refractivity (Wildman–Crippen MR) is 128 cm³/mol. The van der Waals surface area contributed by atoms with E-state index in [0.717, 1.165) is 27.5 Å². The molecular weight excluding hydrogens is 414 g/mol. The lowest BCUT2D eigenvalue weighted by Gasteiger charge is -2.23. The third-order valence-electron chi connectivity index (χ3n) is 5.30.